The predicted molar refractivity (Wildman–Crippen MR) is 87.3 cm³/mol. The molecule has 0 bridgehead atoms. The van der Waals surface area contributed by atoms with Crippen LogP contribution in [0.25, 0.3) is 0 Å². The molecule has 0 aliphatic carbocycles. The average molecular weight is 298 g/mol. The van der Waals surface area contributed by atoms with Gasteiger partial charge in [0, 0.05) is 24.1 Å². The van der Waals surface area contributed by atoms with Crippen molar-refractivity contribution in [2.75, 3.05) is 6.61 Å². The van der Waals surface area contributed by atoms with Gasteiger partial charge in [-0.25, -0.2) is 4.98 Å². The van der Waals surface area contributed by atoms with Gasteiger partial charge in [-0.3, -0.25) is 0 Å². The molecule has 0 aliphatic rings. The van der Waals surface area contributed by atoms with Gasteiger partial charge in [0.1, 0.15) is 11.1 Å². The van der Waals surface area contributed by atoms with E-state index in [2.05, 4.69) is 39.9 Å². The van der Waals surface area contributed by atoms with E-state index in [1.54, 1.807) is 0 Å². The fraction of sp³-hybridized carbons (Fsp3) is 0.812. The summed E-state index contributed by atoms with van der Waals surface area (Å²) in [5.74, 6) is 0.634. The van der Waals surface area contributed by atoms with E-state index in [4.69, 9.17) is 9.72 Å². The minimum atomic E-state index is 0.156. The summed E-state index contributed by atoms with van der Waals surface area (Å²) in [6.07, 6.45) is 2.19. The lowest BCUT2D eigenvalue weighted by atomic mass is 10.1. The van der Waals surface area contributed by atoms with Crippen LogP contribution in [0, 0.1) is 5.92 Å². The molecule has 0 aromatic carbocycles. The van der Waals surface area contributed by atoms with Crippen LogP contribution < -0.4 is 5.32 Å². The van der Waals surface area contributed by atoms with Crippen molar-refractivity contribution in [2.24, 2.45) is 5.92 Å². The summed E-state index contributed by atoms with van der Waals surface area (Å²) in [7, 11) is 0. The highest BCUT2D eigenvalue weighted by molar-refractivity contribution is 7.11. The van der Waals surface area contributed by atoms with Crippen molar-refractivity contribution in [1.29, 1.82) is 0 Å². The molecule has 1 heterocycles. The lowest BCUT2D eigenvalue weighted by Crippen LogP contribution is -2.22. The quantitative estimate of drug-likeness (QED) is 0.737. The summed E-state index contributed by atoms with van der Waals surface area (Å²) in [4.78, 5) is 6.25. The fourth-order valence-corrected chi connectivity index (χ4v) is 3.26. The number of aromatic nitrogens is 1. The Labute approximate surface area is 128 Å². The van der Waals surface area contributed by atoms with Gasteiger partial charge >= 0.3 is 0 Å². The molecule has 1 aromatic rings. The minimum Gasteiger partial charge on any atom is -0.371 e. The minimum absolute atomic E-state index is 0.156. The molecule has 0 amide bonds. The third-order valence-corrected chi connectivity index (χ3v) is 4.27. The standard InChI is InChI=1S/C16H30N2OS/c1-7-14(19-8-2)16-18-13(9-11(3)4)15(20-16)10-17-12(5)6/h11-12,14,17H,7-10H2,1-6H3. The monoisotopic (exact) mass is 298 g/mol. The largest absolute Gasteiger partial charge is 0.371 e. The molecular formula is C16H30N2OS. The summed E-state index contributed by atoms with van der Waals surface area (Å²) in [5.41, 5.74) is 1.26. The summed E-state index contributed by atoms with van der Waals surface area (Å²) >= 11 is 1.82. The molecule has 0 spiro atoms. The van der Waals surface area contributed by atoms with Crippen molar-refractivity contribution in [3.05, 3.63) is 15.6 Å². The van der Waals surface area contributed by atoms with E-state index in [-0.39, 0.29) is 6.10 Å². The Morgan fingerprint density at radius 3 is 2.40 bits per heavy atom. The zero-order chi connectivity index (χ0) is 15.1. The Kier molecular flexibility index (Phi) is 7.70. The van der Waals surface area contributed by atoms with Gasteiger partial charge in [-0.1, -0.05) is 34.6 Å². The zero-order valence-corrected chi connectivity index (χ0v) is 14.6. The maximum Gasteiger partial charge on any atom is 0.122 e. The highest BCUT2D eigenvalue weighted by Gasteiger charge is 2.18. The SMILES string of the molecule is CCOC(CC)c1nc(CC(C)C)c(CNC(C)C)s1. The first-order valence-corrected chi connectivity index (χ1v) is 8.62. The van der Waals surface area contributed by atoms with E-state index in [1.165, 1.54) is 10.6 Å². The van der Waals surface area contributed by atoms with E-state index in [0.717, 1.165) is 31.0 Å². The molecule has 0 saturated carbocycles. The molecule has 0 aliphatic heterocycles. The van der Waals surface area contributed by atoms with Crippen LogP contribution in [0.15, 0.2) is 0 Å². The van der Waals surface area contributed by atoms with Crippen LogP contribution in [0.3, 0.4) is 0 Å². The van der Waals surface area contributed by atoms with Crippen molar-refractivity contribution in [1.82, 2.24) is 10.3 Å². The van der Waals surface area contributed by atoms with Crippen LogP contribution in [-0.4, -0.2) is 17.6 Å². The molecule has 3 nitrogen and oxygen atoms in total. The third-order valence-electron chi connectivity index (χ3n) is 3.08. The van der Waals surface area contributed by atoms with Gasteiger partial charge in [-0.15, -0.1) is 11.3 Å². The average Bonchev–Trinajstić information content (AvgIpc) is 2.75. The first kappa shape index (κ1) is 17.6. The number of nitrogens with one attached hydrogen (secondary N) is 1. The van der Waals surface area contributed by atoms with Gasteiger partial charge in [0.25, 0.3) is 0 Å². The van der Waals surface area contributed by atoms with Gasteiger partial charge in [0.2, 0.25) is 0 Å². The fourth-order valence-electron chi connectivity index (χ4n) is 2.09. The number of hydrogen-bond acceptors (Lipinski definition) is 4. The van der Waals surface area contributed by atoms with Crippen molar-refractivity contribution >= 4 is 11.3 Å². The number of ether oxygens (including phenoxy) is 1. The summed E-state index contributed by atoms with van der Waals surface area (Å²) in [5, 5.41) is 4.65. The number of hydrogen-bond donors (Lipinski definition) is 1. The predicted octanol–water partition coefficient (Wildman–Crippen LogP) is 4.33. The van der Waals surface area contributed by atoms with Gasteiger partial charge in [-0.05, 0) is 25.7 Å². The first-order valence-electron chi connectivity index (χ1n) is 7.81. The Balaban J connectivity index is 2.91. The van der Waals surface area contributed by atoms with E-state index in [9.17, 15) is 0 Å². The zero-order valence-electron chi connectivity index (χ0n) is 13.8. The highest BCUT2D eigenvalue weighted by Crippen LogP contribution is 2.29. The highest BCUT2D eigenvalue weighted by atomic mass is 32.1. The molecular weight excluding hydrogens is 268 g/mol. The maximum absolute atomic E-state index is 5.80. The second-order valence-electron chi connectivity index (χ2n) is 5.91. The second-order valence-corrected chi connectivity index (χ2v) is 7.02. The number of rotatable bonds is 9. The van der Waals surface area contributed by atoms with Crippen molar-refractivity contribution in [3.8, 4) is 0 Å². The number of thiazole rings is 1. The van der Waals surface area contributed by atoms with Crippen LogP contribution in [0.4, 0.5) is 0 Å². The van der Waals surface area contributed by atoms with Crippen LogP contribution in [0.2, 0.25) is 0 Å². The molecule has 20 heavy (non-hydrogen) atoms. The normalized spacial score (nSPS) is 13.4. The molecule has 1 rings (SSSR count). The van der Waals surface area contributed by atoms with Crippen LogP contribution in [0.1, 0.15) is 69.6 Å². The van der Waals surface area contributed by atoms with E-state index in [0.29, 0.717) is 12.0 Å². The van der Waals surface area contributed by atoms with Gasteiger partial charge in [0.15, 0.2) is 0 Å². The summed E-state index contributed by atoms with van der Waals surface area (Å²) < 4.78 is 5.80. The molecule has 0 radical (unpaired) electrons. The summed E-state index contributed by atoms with van der Waals surface area (Å²) in [6, 6.07) is 0.501. The molecule has 1 N–H and O–H groups in total. The Bertz CT molecular complexity index is 388. The van der Waals surface area contributed by atoms with Crippen molar-refractivity contribution in [2.45, 2.75) is 73.1 Å². The lowest BCUT2D eigenvalue weighted by Gasteiger charge is -2.11. The molecule has 116 valence electrons. The van der Waals surface area contributed by atoms with Crippen molar-refractivity contribution in [3.63, 3.8) is 0 Å². The lowest BCUT2D eigenvalue weighted by molar-refractivity contribution is 0.0595. The smallest absolute Gasteiger partial charge is 0.122 e. The van der Waals surface area contributed by atoms with Gasteiger partial charge in [-0.2, -0.15) is 0 Å². The molecule has 1 atom stereocenters. The van der Waals surface area contributed by atoms with Crippen molar-refractivity contribution < 1.29 is 4.74 Å². The molecule has 0 fully saturated rings. The number of nitrogens with zero attached hydrogens (tertiary/aromatic N) is 1. The molecule has 1 unspecified atom stereocenters. The van der Waals surface area contributed by atoms with E-state index >= 15 is 0 Å². The maximum atomic E-state index is 5.80. The topological polar surface area (TPSA) is 34.1 Å². The van der Waals surface area contributed by atoms with Gasteiger partial charge in [0.05, 0.1) is 5.69 Å². The Morgan fingerprint density at radius 1 is 1.20 bits per heavy atom. The third kappa shape index (κ3) is 5.51. The second kappa shape index (κ2) is 8.75. The molecule has 0 saturated heterocycles. The van der Waals surface area contributed by atoms with Crippen LogP contribution >= 0.6 is 11.3 Å². The first-order chi connectivity index (χ1) is 9.47. The molecule has 1 aromatic heterocycles. The Hall–Kier alpha value is -0.450. The van der Waals surface area contributed by atoms with E-state index < -0.39 is 0 Å². The Morgan fingerprint density at radius 2 is 1.90 bits per heavy atom. The van der Waals surface area contributed by atoms with Crippen LogP contribution in [-0.2, 0) is 17.7 Å². The summed E-state index contributed by atoms with van der Waals surface area (Å²) in [6.45, 7) is 14.7. The van der Waals surface area contributed by atoms with Gasteiger partial charge < -0.3 is 10.1 Å². The van der Waals surface area contributed by atoms with Crippen LogP contribution in [0.5, 0.6) is 0 Å². The van der Waals surface area contributed by atoms with E-state index in [1.807, 2.05) is 18.3 Å². The molecule has 4 heteroatoms.